The number of hydrogen-bond donors (Lipinski definition) is 1. The maximum Gasteiger partial charge on any atom is 0.273 e. The van der Waals surface area contributed by atoms with Crippen LogP contribution in [-0.4, -0.2) is 36.1 Å². The Morgan fingerprint density at radius 3 is 2.68 bits per heavy atom. The normalized spacial score (nSPS) is 12.2. The average Bonchev–Trinajstić information content (AvgIpc) is 3.24. The molecule has 164 valence electrons. The molecule has 2 aromatic carbocycles. The summed E-state index contributed by atoms with van der Waals surface area (Å²) in [6.07, 6.45) is 1.42. The molecule has 1 heterocycles. The molecule has 1 amide bonds. The molecule has 1 aromatic heterocycles. The third kappa shape index (κ3) is 6.26. The Labute approximate surface area is 184 Å². The van der Waals surface area contributed by atoms with Gasteiger partial charge in [-0.3, -0.25) is 9.69 Å². The molecular formula is C25H31N3O3. The number of carbonyl (C=O) groups is 1. The summed E-state index contributed by atoms with van der Waals surface area (Å²) in [6.45, 7) is 8.55. The van der Waals surface area contributed by atoms with E-state index < -0.39 is 0 Å². The lowest BCUT2D eigenvalue weighted by atomic mass is 10.0. The largest absolute Gasteiger partial charge is 0.447 e. The first-order valence-corrected chi connectivity index (χ1v) is 10.5. The van der Waals surface area contributed by atoms with Gasteiger partial charge in [0.2, 0.25) is 5.89 Å². The molecule has 0 bridgehead atoms. The first-order valence-electron chi connectivity index (χ1n) is 10.5. The fourth-order valence-corrected chi connectivity index (χ4v) is 3.48. The maximum atomic E-state index is 12.2. The Hall–Kier alpha value is -2.96. The quantitative estimate of drug-likeness (QED) is 0.491. The molecule has 0 aliphatic heterocycles. The summed E-state index contributed by atoms with van der Waals surface area (Å²) in [6, 6.07) is 17.0. The van der Waals surface area contributed by atoms with Gasteiger partial charge in [0.1, 0.15) is 6.26 Å². The molecule has 6 nitrogen and oxygen atoms in total. The molecule has 6 heteroatoms. The summed E-state index contributed by atoms with van der Waals surface area (Å²) in [5.41, 5.74) is 5.26. The van der Waals surface area contributed by atoms with Crippen molar-refractivity contribution in [2.24, 2.45) is 0 Å². The van der Waals surface area contributed by atoms with Crippen LogP contribution < -0.4 is 5.32 Å². The number of hydrogen-bond acceptors (Lipinski definition) is 5. The first kappa shape index (κ1) is 22.7. The van der Waals surface area contributed by atoms with E-state index in [1.54, 1.807) is 7.11 Å². The topological polar surface area (TPSA) is 67.6 Å². The summed E-state index contributed by atoms with van der Waals surface area (Å²) in [5.74, 6) is 0.259. The molecule has 1 atom stereocenters. The number of carbonyl (C=O) groups excluding carboxylic acids is 1. The lowest BCUT2D eigenvalue weighted by molar-refractivity contribution is 0.0932. The van der Waals surface area contributed by atoms with Crippen LogP contribution in [0.3, 0.4) is 0 Å². The minimum Gasteiger partial charge on any atom is -0.447 e. The van der Waals surface area contributed by atoms with E-state index in [2.05, 4.69) is 78.4 Å². The summed E-state index contributed by atoms with van der Waals surface area (Å²) >= 11 is 0. The van der Waals surface area contributed by atoms with Crippen LogP contribution in [0.15, 0.2) is 59.2 Å². The van der Waals surface area contributed by atoms with Crippen LogP contribution >= 0.6 is 0 Å². The third-order valence-corrected chi connectivity index (χ3v) is 5.42. The molecule has 3 aromatic rings. The van der Waals surface area contributed by atoms with Crippen LogP contribution in [0.5, 0.6) is 0 Å². The van der Waals surface area contributed by atoms with Gasteiger partial charge < -0.3 is 14.5 Å². The zero-order valence-electron chi connectivity index (χ0n) is 18.7. The van der Waals surface area contributed by atoms with Crippen molar-refractivity contribution >= 4 is 5.91 Å². The SMILES string of the molecule is COCCNC(=O)c1coc(CN(Cc2cc(C)ccc2C)[C@H](C)c2ccccc2)n1. The molecule has 0 saturated carbocycles. The maximum absolute atomic E-state index is 12.2. The number of nitrogens with zero attached hydrogens (tertiary/aromatic N) is 2. The molecule has 0 spiro atoms. The minimum absolute atomic E-state index is 0.145. The van der Waals surface area contributed by atoms with Crippen LogP contribution in [0.2, 0.25) is 0 Å². The van der Waals surface area contributed by atoms with Gasteiger partial charge in [-0.25, -0.2) is 4.98 Å². The van der Waals surface area contributed by atoms with Gasteiger partial charge in [-0.2, -0.15) is 0 Å². The zero-order valence-corrected chi connectivity index (χ0v) is 18.7. The summed E-state index contributed by atoms with van der Waals surface area (Å²) < 4.78 is 10.6. The van der Waals surface area contributed by atoms with E-state index in [9.17, 15) is 4.79 Å². The van der Waals surface area contributed by atoms with Crippen LogP contribution in [0.1, 0.15) is 51.6 Å². The van der Waals surface area contributed by atoms with Crippen LogP contribution in [0, 0.1) is 13.8 Å². The Kier molecular flexibility index (Phi) is 7.98. The third-order valence-electron chi connectivity index (χ3n) is 5.42. The fraction of sp³-hybridized carbons (Fsp3) is 0.360. The van der Waals surface area contributed by atoms with Gasteiger partial charge in [0.25, 0.3) is 5.91 Å². The molecule has 31 heavy (non-hydrogen) atoms. The molecule has 0 saturated heterocycles. The molecular weight excluding hydrogens is 390 g/mol. The van der Waals surface area contributed by atoms with Gasteiger partial charge in [-0.05, 0) is 37.5 Å². The van der Waals surface area contributed by atoms with Crippen molar-refractivity contribution in [2.75, 3.05) is 20.3 Å². The van der Waals surface area contributed by atoms with Crippen LogP contribution in [-0.2, 0) is 17.8 Å². The number of aromatic nitrogens is 1. The monoisotopic (exact) mass is 421 g/mol. The molecule has 0 fully saturated rings. The van der Waals surface area contributed by atoms with Crippen LogP contribution in [0.4, 0.5) is 0 Å². The molecule has 0 radical (unpaired) electrons. The van der Waals surface area contributed by atoms with Crippen molar-refractivity contribution in [3.05, 3.63) is 88.6 Å². The minimum atomic E-state index is -0.260. The fourth-order valence-electron chi connectivity index (χ4n) is 3.48. The van der Waals surface area contributed by atoms with E-state index in [1.165, 1.54) is 28.5 Å². The Balaban J connectivity index is 1.80. The van der Waals surface area contributed by atoms with Gasteiger partial charge in [0, 0.05) is 26.2 Å². The van der Waals surface area contributed by atoms with Gasteiger partial charge in [0.05, 0.1) is 13.2 Å². The number of nitrogens with one attached hydrogen (secondary N) is 1. The van der Waals surface area contributed by atoms with Crippen molar-refractivity contribution in [3.63, 3.8) is 0 Å². The standard InChI is InChI=1S/C25H31N3O3/c1-18-10-11-19(2)22(14-18)15-28(20(3)21-8-6-5-7-9-21)16-24-27-23(17-31-24)25(29)26-12-13-30-4/h5-11,14,17,20H,12-13,15-16H2,1-4H3,(H,26,29)/t20-/m1/s1. The second-order valence-electron chi connectivity index (χ2n) is 7.80. The Bertz CT molecular complexity index is 985. The van der Waals surface area contributed by atoms with Crippen LogP contribution in [0.25, 0.3) is 0 Å². The van der Waals surface area contributed by atoms with Gasteiger partial charge >= 0.3 is 0 Å². The lowest BCUT2D eigenvalue weighted by Gasteiger charge is -2.29. The number of ether oxygens (including phenoxy) is 1. The highest BCUT2D eigenvalue weighted by Gasteiger charge is 2.21. The van der Waals surface area contributed by atoms with E-state index in [0.717, 1.165) is 6.54 Å². The first-order chi connectivity index (χ1) is 15.0. The molecule has 0 aliphatic rings. The van der Waals surface area contributed by atoms with E-state index in [4.69, 9.17) is 9.15 Å². The van der Waals surface area contributed by atoms with Crippen molar-refractivity contribution in [1.29, 1.82) is 0 Å². The highest BCUT2D eigenvalue weighted by atomic mass is 16.5. The van der Waals surface area contributed by atoms with Gasteiger partial charge in [-0.1, -0.05) is 54.1 Å². The van der Waals surface area contributed by atoms with Crippen molar-refractivity contribution < 1.29 is 13.9 Å². The molecule has 0 aliphatic carbocycles. The lowest BCUT2D eigenvalue weighted by Crippen LogP contribution is -2.28. The highest BCUT2D eigenvalue weighted by molar-refractivity contribution is 5.91. The van der Waals surface area contributed by atoms with E-state index in [1.807, 2.05) is 6.07 Å². The number of rotatable bonds is 10. The Morgan fingerprint density at radius 1 is 1.16 bits per heavy atom. The zero-order chi connectivity index (χ0) is 22.2. The number of benzene rings is 2. The Morgan fingerprint density at radius 2 is 1.94 bits per heavy atom. The van der Waals surface area contributed by atoms with E-state index in [0.29, 0.717) is 25.6 Å². The number of aryl methyl sites for hydroxylation is 2. The van der Waals surface area contributed by atoms with Crippen molar-refractivity contribution in [2.45, 2.75) is 39.9 Å². The second-order valence-corrected chi connectivity index (χ2v) is 7.80. The number of oxazole rings is 1. The average molecular weight is 422 g/mol. The summed E-state index contributed by atoms with van der Waals surface area (Å²) in [7, 11) is 1.60. The van der Waals surface area contributed by atoms with E-state index in [-0.39, 0.29) is 17.6 Å². The number of amides is 1. The number of methoxy groups -OCH3 is 1. The van der Waals surface area contributed by atoms with Gasteiger partial charge in [-0.15, -0.1) is 0 Å². The van der Waals surface area contributed by atoms with Gasteiger partial charge in [0.15, 0.2) is 5.69 Å². The predicted octanol–water partition coefficient (Wildman–Crippen LogP) is 4.43. The molecule has 1 N–H and O–H groups in total. The van der Waals surface area contributed by atoms with E-state index >= 15 is 0 Å². The molecule has 3 rings (SSSR count). The summed E-state index contributed by atoms with van der Waals surface area (Å²) in [5, 5.41) is 2.77. The predicted molar refractivity (Wildman–Crippen MR) is 121 cm³/mol. The smallest absolute Gasteiger partial charge is 0.273 e. The van der Waals surface area contributed by atoms with Crippen molar-refractivity contribution in [1.82, 2.24) is 15.2 Å². The highest BCUT2D eigenvalue weighted by Crippen LogP contribution is 2.26. The van der Waals surface area contributed by atoms with Crippen molar-refractivity contribution in [3.8, 4) is 0 Å². The second kappa shape index (κ2) is 10.9. The summed E-state index contributed by atoms with van der Waals surface area (Å²) in [4.78, 5) is 19.0. The molecule has 0 unspecified atom stereocenters.